The molecule has 1 N–H and O–H groups in total. The number of nitrogens with one attached hydrogen (secondary N) is 1. The molecule has 0 unspecified atom stereocenters. The Kier molecular flexibility index (Phi) is 4.15. The van der Waals surface area contributed by atoms with Crippen molar-refractivity contribution in [1.29, 1.82) is 0 Å². The van der Waals surface area contributed by atoms with Gasteiger partial charge in [-0.15, -0.1) is 0 Å². The fourth-order valence-corrected chi connectivity index (χ4v) is 3.26. The van der Waals surface area contributed by atoms with Gasteiger partial charge in [0.1, 0.15) is 0 Å². The molecule has 4 heteroatoms. The highest BCUT2D eigenvalue weighted by atomic mass is 16.5. The zero-order valence-electron chi connectivity index (χ0n) is 12.6. The lowest BCUT2D eigenvalue weighted by atomic mass is 9.71. The summed E-state index contributed by atoms with van der Waals surface area (Å²) >= 11 is 0. The van der Waals surface area contributed by atoms with Crippen LogP contribution in [0, 0.1) is 5.41 Å². The first-order valence-corrected chi connectivity index (χ1v) is 7.90. The predicted octanol–water partition coefficient (Wildman–Crippen LogP) is 2.81. The van der Waals surface area contributed by atoms with E-state index in [-0.39, 0.29) is 11.2 Å². The summed E-state index contributed by atoms with van der Waals surface area (Å²) in [7, 11) is 0. The maximum atomic E-state index is 13.0. The Morgan fingerprint density at radius 3 is 2.62 bits per heavy atom. The van der Waals surface area contributed by atoms with Gasteiger partial charge in [-0.05, 0) is 50.6 Å². The van der Waals surface area contributed by atoms with Gasteiger partial charge in [0.25, 0.3) is 0 Å². The number of rotatable bonds is 3. The molecule has 0 bridgehead atoms. The molecule has 1 aromatic rings. The molecule has 4 nitrogen and oxygen atoms in total. The van der Waals surface area contributed by atoms with Crippen LogP contribution in [0.3, 0.4) is 0 Å². The van der Waals surface area contributed by atoms with Gasteiger partial charge >= 0.3 is 0 Å². The van der Waals surface area contributed by atoms with E-state index in [2.05, 4.69) is 12.2 Å². The Bertz CT molecular complexity index is 521. The van der Waals surface area contributed by atoms with Crippen molar-refractivity contribution in [3.05, 3.63) is 23.8 Å². The normalized spacial score (nSPS) is 20.6. The molecule has 0 saturated carbocycles. The van der Waals surface area contributed by atoms with Crippen molar-refractivity contribution >= 4 is 5.78 Å². The van der Waals surface area contributed by atoms with E-state index in [4.69, 9.17) is 9.47 Å². The topological polar surface area (TPSA) is 47.6 Å². The summed E-state index contributed by atoms with van der Waals surface area (Å²) in [5, 5.41) is 3.34. The molecule has 0 spiro atoms. The molecule has 1 fully saturated rings. The molecule has 0 atom stereocenters. The summed E-state index contributed by atoms with van der Waals surface area (Å²) < 4.78 is 11.3. The van der Waals surface area contributed by atoms with Gasteiger partial charge in [-0.2, -0.15) is 0 Å². The van der Waals surface area contributed by atoms with Crippen molar-refractivity contribution in [3.63, 3.8) is 0 Å². The Labute approximate surface area is 125 Å². The van der Waals surface area contributed by atoms with Crippen LogP contribution in [-0.2, 0) is 0 Å². The average Bonchev–Trinajstić information content (AvgIpc) is 2.79. The standard InChI is InChI=1S/C17H23NO3/c1-2-17(6-8-18-9-7-17)16(19)13-4-5-14-15(12-13)21-11-3-10-20-14/h4-5,12,18H,2-3,6-11H2,1H3. The highest BCUT2D eigenvalue weighted by molar-refractivity contribution is 6.01. The van der Waals surface area contributed by atoms with Crippen LogP contribution in [0.25, 0.3) is 0 Å². The summed E-state index contributed by atoms with van der Waals surface area (Å²) in [6.07, 6.45) is 3.60. The van der Waals surface area contributed by atoms with Gasteiger partial charge in [-0.1, -0.05) is 6.92 Å². The van der Waals surface area contributed by atoms with Crippen LogP contribution >= 0.6 is 0 Å². The minimum Gasteiger partial charge on any atom is -0.490 e. The van der Waals surface area contributed by atoms with Crippen LogP contribution in [0.4, 0.5) is 0 Å². The number of hydrogen-bond acceptors (Lipinski definition) is 4. The van der Waals surface area contributed by atoms with E-state index in [1.165, 1.54) is 0 Å². The lowest BCUT2D eigenvalue weighted by molar-refractivity contribution is 0.0717. The molecule has 1 aromatic carbocycles. The highest BCUT2D eigenvalue weighted by Gasteiger charge is 2.38. The fourth-order valence-electron chi connectivity index (χ4n) is 3.26. The summed E-state index contributed by atoms with van der Waals surface area (Å²) in [5.74, 6) is 1.71. The number of fused-ring (bicyclic) bond motifs is 1. The van der Waals surface area contributed by atoms with Crippen LogP contribution < -0.4 is 14.8 Å². The highest BCUT2D eigenvalue weighted by Crippen LogP contribution is 2.38. The van der Waals surface area contributed by atoms with Crippen LogP contribution in [0.1, 0.15) is 43.0 Å². The van der Waals surface area contributed by atoms with Gasteiger partial charge in [0.2, 0.25) is 0 Å². The molecule has 1 saturated heterocycles. The summed E-state index contributed by atoms with van der Waals surface area (Å²) in [5.41, 5.74) is 0.536. The third-order valence-corrected chi connectivity index (χ3v) is 4.73. The van der Waals surface area contributed by atoms with E-state index in [1.807, 2.05) is 18.2 Å². The molecule has 0 aliphatic carbocycles. The number of ketones is 1. The molecule has 3 rings (SSSR count). The van der Waals surface area contributed by atoms with E-state index in [0.717, 1.165) is 50.1 Å². The Balaban J connectivity index is 1.88. The number of ether oxygens (including phenoxy) is 2. The van der Waals surface area contributed by atoms with Gasteiger partial charge in [0.05, 0.1) is 13.2 Å². The van der Waals surface area contributed by atoms with Crippen LogP contribution in [0.15, 0.2) is 18.2 Å². The number of carbonyl (C=O) groups excluding carboxylic acids is 1. The van der Waals surface area contributed by atoms with Crippen LogP contribution in [0.5, 0.6) is 11.5 Å². The van der Waals surface area contributed by atoms with E-state index in [9.17, 15) is 4.79 Å². The molecule has 2 aliphatic rings. The Hall–Kier alpha value is -1.55. The molecular formula is C17H23NO3. The summed E-state index contributed by atoms with van der Waals surface area (Å²) in [6, 6.07) is 5.62. The lowest BCUT2D eigenvalue weighted by Crippen LogP contribution is -2.41. The second-order valence-corrected chi connectivity index (χ2v) is 5.92. The van der Waals surface area contributed by atoms with Gasteiger partial charge < -0.3 is 14.8 Å². The van der Waals surface area contributed by atoms with Crippen molar-refractivity contribution in [1.82, 2.24) is 5.32 Å². The van der Waals surface area contributed by atoms with E-state index in [0.29, 0.717) is 19.0 Å². The summed E-state index contributed by atoms with van der Waals surface area (Å²) in [4.78, 5) is 13.0. The maximum Gasteiger partial charge on any atom is 0.169 e. The van der Waals surface area contributed by atoms with E-state index >= 15 is 0 Å². The van der Waals surface area contributed by atoms with Crippen molar-refractivity contribution < 1.29 is 14.3 Å². The minimum atomic E-state index is -0.217. The number of Topliss-reactive ketones (excluding diaryl/α,β-unsaturated/α-hetero) is 1. The third-order valence-electron chi connectivity index (χ3n) is 4.73. The largest absolute Gasteiger partial charge is 0.490 e. The van der Waals surface area contributed by atoms with Gasteiger partial charge in [-0.3, -0.25) is 4.79 Å². The molecule has 2 aliphatic heterocycles. The quantitative estimate of drug-likeness (QED) is 0.869. The minimum absolute atomic E-state index is 0.217. The molecule has 114 valence electrons. The molecule has 2 heterocycles. The van der Waals surface area contributed by atoms with Gasteiger partial charge in [0, 0.05) is 17.4 Å². The van der Waals surface area contributed by atoms with E-state index in [1.54, 1.807) is 0 Å². The van der Waals surface area contributed by atoms with Crippen LogP contribution in [-0.4, -0.2) is 32.1 Å². The van der Waals surface area contributed by atoms with Crippen LogP contribution in [0.2, 0.25) is 0 Å². The second kappa shape index (κ2) is 6.06. The number of benzene rings is 1. The smallest absolute Gasteiger partial charge is 0.169 e. The average molecular weight is 289 g/mol. The summed E-state index contributed by atoms with van der Waals surface area (Å²) in [6.45, 7) is 5.28. The molecule has 0 radical (unpaired) electrons. The monoisotopic (exact) mass is 289 g/mol. The zero-order valence-corrected chi connectivity index (χ0v) is 12.6. The zero-order chi connectivity index (χ0) is 14.7. The number of piperidine rings is 1. The van der Waals surface area contributed by atoms with Gasteiger partial charge in [0.15, 0.2) is 17.3 Å². The first-order valence-electron chi connectivity index (χ1n) is 7.90. The number of carbonyl (C=O) groups is 1. The van der Waals surface area contributed by atoms with Gasteiger partial charge in [-0.25, -0.2) is 0 Å². The SMILES string of the molecule is CCC1(C(=O)c2ccc3c(c2)OCCCO3)CCNCC1. The first kappa shape index (κ1) is 14.4. The molecule has 0 aromatic heterocycles. The second-order valence-electron chi connectivity index (χ2n) is 5.92. The third kappa shape index (κ3) is 2.77. The maximum absolute atomic E-state index is 13.0. The Morgan fingerprint density at radius 1 is 1.19 bits per heavy atom. The van der Waals surface area contributed by atoms with Crippen molar-refractivity contribution in [3.8, 4) is 11.5 Å². The Morgan fingerprint density at radius 2 is 1.90 bits per heavy atom. The number of hydrogen-bond donors (Lipinski definition) is 1. The lowest BCUT2D eigenvalue weighted by Gasteiger charge is -2.35. The van der Waals surface area contributed by atoms with E-state index < -0.39 is 0 Å². The predicted molar refractivity (Wildman–Crippen MR) is 81.2 cm³/mol. The molecular weight excluding hydrogens is 266 g/mol. The fraction of sp³-hybridized carbons (Fsp3) is 0.588. The molecule has 0 amide bonds. The van der Waals surface area contributed by atoms with Crippen molar-refractivity contribution in [2.75, 3.05) is 26.3 Å². The van der Waals surface area contributed by atoms with Crippen molar-refractivity contribution in [2.24, 2.45) is 5.41 Å². The van der Waals surface area contributed by atoms with Crippen molar-refractivity contribution in [2.45, 2.75) is 32.6 Å². The molecule has 21 heavy (non-hydrogen) atoms. The first-order chi connectivity index (χ1) is 10.2.